The Bertz CT molecular complexity index is 46.5. The fourth-order valence-corrected chi connectivity index (χ4v) is 2.20. The maximum absolute atomic E-state index is 2.28. The molecule has 0 spiro atoms. The second-order valence-electron chi connectivity index (χ2n) is 2.04. The molecule has 0 radical (unpaired) electrons. The van der Waals surface area contributed by atoms with Crippen LogP contribution in [0.2, 0.25) is 0 Å². The Balaban J connectivity index is 0.000000291. The average Bonchev–Trinajstić information content (AvgIpc) is 2.43. The van der Waals surface area contributed by atoms with Crippen LogP contribution in [-0.2, 0) is 0 Å². The van der Waals surface area contributed by atoms with Crippen molar-refractivity contribution < 1.29 is 0 Å². The molecule has 0 aliphatic carbocycles. The molecule has 0 amide bonds. The Morgan fingerprint density at radius 2 is 2.11 bits per heavy atom. The minimum absolute atomic E-state index is 1.01. The van der Waals surface area contributed by atoms with E-state index in [4.69, 9.17) is 0 Å². The van der Waals surface area contributed by atoms with E-state index in [1.807, 2.05) is 13.8 Å². The number of hydrogen-bond donors (Lipinski definition) is 0. The molecule has 9 heavy (non-hydrogen) atoms. The van der Waals surface area contributed by atoms with Crippen molar-refractivity contribution in [3.05, 3.63) is 0 Å². The van der Waals surface area contributed by atoms with Gasteiger partial charge in [-0.15, -0.1) is 0 Å². The number of hydrogen-bond acceptors (Lipinski definition) is 1. The summed E-state index contributed by atoms with van der Waals surface area (Å²) in [6.45, 7) is 6.28. The van der Waals surface area contributed by atoms with Gasteiger partial charge in [-0.05, 0) is 25.0 Å². The van der Waals surface area contributed by atoms with E-state index in [2.05, 4.69) is 18.7 Å². The van der Waals surface area contributed by atoms with E-state index in [9.17, 15) is 0 Å². The molecule has 0 aromatic carbocycles. The van der Waals surface area contributed by atoms with Gasteiger partial charge in [-0.3, -0.25) is 0 Å². The topological polar surface area (TPSA) is 0 Å². The highest BCUT2D eigenvalue weighted by atomic mass is 32.2. The molecular formula is C8H18S. The van der Waals surface area contributed by atoms with Crippen LogP contribution >= 0.6 is 11.8 Å². The first kappa shape index (κ1) is 9.35. The van der Waals surface area contributed by atoms with Gasteiger partial charge < -0.3 is 0 Å². The van der Waals surface area contributed by atoms with Crippen LogP contribution in [-0.4, -0.2) is 11.0 Å². The van der Waals surface area contributed by atoms with Crippen LogP contribution in [0.4, 0.5) is 0 Å². The van der Waals surface area contributed by atoms with E-state index >= 15 is 0 Å². The zero-order valence-electron chi connectivity index (χ0n) is 6.81. The van der Waals surface area contributed by atoms with Crippen LogP contribution in [0.5, 0.6) is 0 Å². The predicted octanol–water partition coefficient (Wildman–Crippen LogP) is 3.32. The Labute approximate surface area is 63.4 Å². The summed E-state index contributed by atoms with van der Waals surface area (Å²) >= 11 is 2.14. The molecule has 1 aliphatic heterocycles. The maximum atomic E-state index is 2.28. The fraction of sp³-hybridized carbons (Fsp3) is 1.00. The molecule has 0 saturated carbocycles. The maximum Gasteiger partial charge on any atom is 0.00447 e. The first-order chi connectivity index (χ1) is 4.43. The first-order valence-corrected chi connectivity index (χ1v) is 5.10. The molecule has 1 fully saturated rings. The van der Waals surface area contributed by atoms with E-state index in [1.165, 1.54) is 25.0 Å². The van der Waals surface area contributed by atoms with E-state index < -0.39 is 0 Å². The SMILES string of the molecule is CC.CCC1CCCS1. The van der Waals surface area contributed by atoms with Gasteiger partial charge in [0.05, 0.1) is 0 Å². The van der Waals surface area contributed by atoms with Crippen LogP contribution in [0.25, 0.3) is 0 Å². The lowest BCUT2D eigenvalue weighted by atomic mass is 10.2. The third-order valence-electron chi connectivity index (χ3n) is 1.48. The van der Waals surface area contributed by atoms with Gasteiger partial charge in [0.25, 0.3) is 0 Å². The fourth-order valence-electron chi connectivity index (χ4n) is 0.966. The second-order valence-corrected chi connectivity index (χ2v) is 3.45. The molecule has 1 atom stereocenters. The Morgan fingerprint density at radius 1 is 1.44 bits per heavy atom. The summed E-state index contributed by atoms with van der Waals surface area (Å²) in [6, 6.07) is 0. The van der Waals surface area contributed by atoms with Crippen molar-refractivity contribution in [3.8, 4) is 0 Å². The van der Waals surface area contributed by atoms with Gasteiger partial charge in [-0.2, -0.15) is 11.8 Å². The van der Waals surface area contributed by atoms with E-state index in [-0.39, 0.29) is 0 Å². The van der Waals surface area contributed by atoms with Crippen molar-refractivity contribution >= 4 is 11.8 Å². The Hall–Kier alpha value is 0.350. The van der Waals surface area contributed by atoms with E-state index in [0.717, 1.165) is 5.25 Å². The van der Waals surface area contributed by atoms with Gasteiger partial charge in [-0.1, -0.05) is 20.8 Å². The van der Waals surface area contributed by atoms with E-state index in [1.54, 1.807) is 0 Å². The smallest absolute Gasteiger partial charge is 0.00447 e. The number of rotatable bonds is 1. The Kier molecular flexibility index (Phi) is 6.72. The van der Waals surface area contributed by atoms with Gasteiger partial charge in [0.15, 0.2) is 0 Å². The standard InChI is InChI=1S/C6H12S.C2H6/c1-2-6-4-3-5-7-6;1-2/h6H,2-5H2,1H3;1-2H3. The minimum atomic E-state index is 1.01. The predicted molar refractivity (Wildman–Crippen MR) is 47.1 cm³/mol. The molecule has 1 rings (SSSR count). The minimum Gasteiger partial charge on any atom is -0.159 e. The second kappa shape index (κ2) is 6.47. The molecule has 0 bridgehead atoms. The van der Waals surface area contributed by atoms with Gasteiger partial charge >= 0.3 is 0 Å². The zero-order valence-corrected chi connectivity index (χ0v) is 7.63. The molecule has 0 N–H and O–H groups in total. The molecule has 0 aromatic heterocycles. The van der Waals surface area contributed by atoms with Crippen LogP contribution < -0.4 is 0 Å². The van der Waals surface area contributed by atoms with Crippen molar-refractivity contribution in [3.63, 3.8) is 0 Å². The third kappa shape index (κ3) is 3.85. The lowest BCUT2D eigenvalue weighted by Crippen LogP contribution is -1.90. The quantitative estimate of drug-likeness (QED) is 0.547. The average molecular weight is 146 g/mol. The van der Waals surface area contributed by atoms with Crippen molar-refractivity contribution in [2.45, 2.75) is 45.3 Å². The summed E-state index contributed by atoms with van der Waals surface area (Å²) in [5.74, 6) is 1.42. The molecule has 0 aromatic rings. The summed E-state index contributed by atoms with van der Waals surface area (Å²) < 4.78 is 0. The highest BCUT2D eigenvalue weighted by molar-refractivity contribution is 8.00. The molecule has 1 unspecified atom stereocenters. The van der Waals surface area contributed by atoms with Gasteiger partial charge in [-0.25, -0.2) is 0 Å². The first-order valence-electron chi connectivity index (χ1n) is 4.05. The monoisotopic (exact) mass is 146 g/mol. The highest BCUT2D eigenvalue weighted by Gasteiger charge is 2.11. The molecule has 1 heteroatoms. The van der Waals surface area contributed by atoms with Crippen LogP contribution in [0.3, 0.4) is 0 Å². The number of thioether (sulfide) groups is 1. The summed E-state index contributed by atoms with van der Waals surface area (Å²) in [5.41, 5.74) is 0. The summed E-state index contributed by atoms with van der Waals surface area (Å²) in [5, 5.41) is 1.01. The summed E-state index contributed by atoms with van der Waals surface area (Å²) in [7, 11) is 0. The normalized spacial score (nSPS) is 25.0. The van der Waals surface area contributed by atoms with Crippen molar-refractivity contribution in [1.29, 1.82) is 0 Å². The highest BCUT2D eigenvalue weighted by Crippen LogP contribution is 2.27. The summed E-state index contributed by atoms with van der Waals surface area (Å²) in [6.07, 6.45) is 4.31. The lowest BCUT2D eigenvalue weighted by Gasteiger charge is -1.99. The van der Waals surface area contributed by atoms with Gasteiger partial charge in [0.2, 0.25) is 0 Å². The summed E-state index contributed by atoms with van der Waals surface area (Å²) in [4.78, 5) is 0. The largest absolute Gasteiger partial charge is 0.159 e. The molecule has 1 heterocycles. The third-order valence-corrected chi connectivity index (χ3v) is 3.04. The van der Waals surface area contributed by atoms with Crippen molar-refractivity contribution in [2.24, 2.45) is 0 Å². The molecule has 56 valence electrons. The van der Waals surface area contributed by atoms with Crippen LogP contribution in [0.1, 0.15) is 40.0 Å². The Morgan fingerprint density at radius 3 is 2.33 bits per heavy atom. The van der Waals surface area contributed by atoms with E-state index in [0.29, 0.717) is 0 Å². The lowest BCUT2D eigenvalue weighted by molar-refractivity contribution is 0.759. The van der Waals surface area contributed by atoms with Gasteiger partial charge in [0, 0.05) is 5.25 Å². The molecule has 1 aliphatic rings. The molecule has 1 saturated heterocycles. The van der Waals surface area contributed by atoms with Crippen LogP contribution in [0.15, 0.2) is 0 Å². The zero-order chi connectivity index (χ0) is 7.11. The van der Waals surface area contributed by atoms with Crippen molar-refractivity contribution in [2.75, 3.05) is 5.75 Å². The van der Waals surface area contributed by atoms with Crippen LogP contribution in [0, 0.1) is 0 Å². The molecule has 0 nitrogen and oxygen atoms in total. The van der Waals surface area contributed by atoms with Crippen molar-refractivity contribution in [1.82, 2.24) is 0 Å². The van der Waals surface area contributed by atoms with Gasteiger partial charge in [0.1, 0.15) is 0 Å². The molecular weight excluding hydrogens is 128 g/mol.